The van der Waals surface area contributed by atoms with Gasteiger partial charge in [-0.3, -0.25) is 19.7 Å². The molecule has 9 heteroatoms. The maximum Gasteiger partial charge on any atom is 0.269 e. The summed E-state index contributed by atoms with van der Waals surface area (Å²) in [7, 11) is 0. The summed E-state index contributed by atoms with van der Waals surface area (Å²) < 4.78 is 0. The number of halogens is 1. The molecule has 0 bridgehead atoms. The van der Waals surface area contributed by atoms with Crippen LogP contribution in [0.5, 0.6) is 0 Å². The molecule has 1 unspecified atom stereocenters. The zero-order valence-corrected chi connectivity index (χ0v) is 23.2. The topological polar surface area (TPSA) is 92.6 Å². The second-order valence-electron chi connectivity index (χ2n) is 9.72. The molecule has 1 aliphatic rings. The molecular formula is C30H32ClN3O4S. The van der Waals surface area contributed by atoms with Crippen LogP contribution < -0.4 is 5.32 Å². The molecule has 0 radical (unpaired) electrons. The van der Waals surface area contributed by atoms with Crippen LogP contribution in [0.4, 0.5) is 5.69 Å². The predicted octanol–water partition coefficient (Wildman–Crippen LogP) is 6.18. The van der Waals surface area contributed by atoms with Gasteiger partial charge in [-0.05, 0) is 35.6 Å². The lowest BCUT2D eigenvalue weighted by Crippen LogP contribution is -2.52. The Balaban J connectivity index is 1.55. The molecule has 0 heterocycles. The van der Waals surface area contributed by atoms with Crippen molar-refractivity contribution in [2.45, 2.75) is 56.5 Å². The molecule has 0 spiro atoms. The molecule has 3 aromatic rings. The number of nitrogens with zero attached hydrogens (tertiary/aromatic N) is 2. The lowest BCUT2D eigenvalue weighted by atomic mass is 10.0. The fourth-order valence-corrected chi connectivity index (χ4v) is 5.85. The number of hydrogen-bond acceptors (Lipinski definition) is 5. The predicted molar refractivity (Wildman–Crippen MR) is 156 cm³/mol. The Bertz CT molecular complexity index is 1270. The second kappa shape index (κ2) is 14.1. The van der Waals surface area contributed by atoms with Crippen LogP contribution in [0.1, 0.15) is 42.4 Å². The number of carbonyl (C=O) groups excluding carboxylic acids is 2. The summed E-state index contributed by atoms with van der Waals surface area (Å²) in [6, 6.07) is 22.9. The first-order valence-corrected chi connectivity index (χ1v) is 14.6. The van der Waals surface area contributed by atoms with Crippen LogP contribution in [0, 0.1) is 10.1 Å². The SMILES string of the molecule is O=C(NC1CCCC1)C(Cc1ccccc1)N(Cc1ccccc1Cl)C(=O)CSCc1ccc([N+](=O)[O-])cc1. The van der Waals surface area contributed by atoms with E-state index in [9.17, 15) is 19.7 Å². The normalized spacial score (nSPS) is 14.1. The van der Waals surface area contributed by atoms with Crippen molar-refractivity contribution in [2.75, 3.05) is 5.75 Å². The highest BCUT2D eigenvalue weighted by atomic mass is 35.5. The molecule has 3 aromatic carbocycles. The highest BCUT2D eigenvalue weighted by Gasteiger charge is 2.32. The Labute approximate surface area is 238 Å². The largest absolute Gasteiger partial charge is 0.352 e. The summed E-state index contributed by atoms with van der Waals surface area (Å²) in [4.78, 5) is 39.6. The minimum Gasteiger partial charge on any atom is -0.352 e. The number of nitro groups is 1. The zero-order valence-electron chi connectivity index (χ0n) is 21.6. The molecule has 1 atom stereocenters. The maximum absolute atomic E-state index is 13.8. The van der Waals surface area contributed by atoms with E-state index in [1.54, 1.807) is 23.1 Å². The molecular weight excluding hydrogens is 534 g/mol. The minimum atomic E-state index is -0.697. The van der Waals surface area contributed by atoms with E-state index in [4.69, 9.17) is 11.6 Å². The van der Waals surface area contributed by atoms with Crippen molar-refractivity contribution >= 4 is 40.9 Å². The van der Waals surface area contributed by atoms with Crippen LogP contribution in [0.2, 0.25) is 5.02 Å². The Kier molecular flexibility index (Phi) is 10.4. The Hall–Kier alpha value is -3.36. The molecule has 0 saturated heterocycles. The molecule has 1 aliphatic carbocycles. The van der Waals surface area contributed by atoms with Gasteiger partial charge in [0.25, 0.3) is 5.69 Å². The lowest BCUT2D eigenvalue weighted by Gasteiger charge is -2.32. The first-order chi connectivity index (χ1) is 18.9. The molecule has 1 N–H and O–H groups in total. The number of non-ortho nitro benzene ring substituents is 1. The van der Waals surface area contributed by atoms with E-state index >= 15 is 0 Å². The van der Waals surface area contributed by atoms with Gasteiger partial charge in [-0.25, -0.2) is 0 Å². The highest BCUT2D eigenvalue weighted by molar-refractivity contribution is 7.99. The highest BCUT2D eigenvalue weighted by Crippen LogP contribution is 2.24. The third-order valence-electron chi connectivity index (χ3n) is 6.91. The molecule has 7 nitrogen and oxygen atoms in total. The number of rotatable bonds is 12. The van der Waals surface area contributed by atoms with E-state index in [2.05, 4.69) is 5.32 Å². The van der Waals surface area contributed by atoms with Gasteiger partial charge in [-0.15, -0.1) is 11.8 Å². The van der Waals surface area contributed by atoms with Gasteiger partial charge in [0.2, 0.25) is 11.8 Å². The van der Waals surface area contributed by atoms with Gasteiger partial charge in [0.1, 0.15) is 6.04 Å². The van der Waals surface area contributed by atoms with Crippen molar-refractivity contribution in [2.24, 2.45) is 0 Å². The first kappa shape index (κ1) is 28.6. The third-order valence-corrected chi connectivity index (χ3v) is 8.27. The summed E-state index contributed by atoms with van der Waals surface area (Å²) in [5.41, 5.74) is 2.66. The van der Waals surface area contributed by atoms with E-state index in [1.807, 2.05) is 48.5 Å². The number of hydrogen-bond donors (Lipinski definition) is 1. The van der Waals surface area contributed by atoms with E-state index in [0.717, 1.165) is 42.4 Å². The van der Waals surface area contributed by atoms with Crippen molar-refractivity contribution in [1.29, 1.82) is 0 Å². The van der Waals surface area contributed by atoms with Crippen LogP contribution in [0.3, 0.4) is 0 Å². The van der Waals surface area contributed by atoms with E-state index < -0.39 is 11.0 Å². The smallest absolute Gasteiger partial charge is 0.269 e. The fraction of sp³-hybridized carbons (Fsp3) is 0.333. The number of nitro benzene ring substituents is 1. The Morgan fingerprint density at radius 3 is 2.31 bits per heavy atom. The third kappa shape index (κ3) is 8.31. The summed E-state index contributed by atoms with van der Waals surface area (Å²) in [6.07, 6.45) is 4.48. The van der Waals surface area contributed by atoms with Crippen molar-refractivity contribution in [1.82, 2.24) is 10.2 Å². The number of amides is 2. The molecule has 204 valence electrons. The van der Waals surface area contributed by atoms with Crippen molar-refractivity contribution in [3.8, 4) is 0 Å². The second-order valence-corrected chi connectivity index (χ2v) is 11.1. The molecule has 0 aromatic heterocycles. The van der Waals surface area contributed by atoms with Gasteiger partial charge in [-0.2, -0.15) is 0 Å². The van der Waals surface area contributed by atoms with Gasteiger partial charge in [0.05, 0.1) is 10.7 Å². The molecule has 1 saturated carbocycles. The van der Waals surface area contributed by atoms with E-state index in [1.165, 1.54) is 23.9 Å². The van der Waals surface area contributed by atoms with Crippen LogP contribution in [0.25, 0.3) is 0 Å². The van der Waals surface area contributed by atoms with Crippen LogP contribution >= 0.6 is 23.4 Å². The Morgan fingerprint density at radius 1 is 0.974 bits per heavy atom. The summed E-state index contributed by atoms with van der Waals surface area (Å²) >= 11 is 7.90. The number of benzene rings is 3. The number of carbonyl (C=O) groups is 2. The molecule has 0 aliphatic heterocycles. The van der Waals surface area contributed by atoms with Crippen molar-refractivity contribution < 1.29 is 14.5 Å². The van der Waals surface area contributed by atoms with Gasteiger partial charge >= 0.3 is 0 Å². The average molecular weight is 566 g/mol. The van der Waals surface area contributed by atoms with Gasteiger partial charge in [0.15, 0.2) is 0 Å². The lowest BCUT2D eigenvalue weighted by molar-refractivity contribution is -0.384. The molecule has 2 amide bonds. The quantitative estimate of drug-likeness (QED) is 0.209. The number of nitrogens with one attached hydrogen (secondary N) is 1. The van der Waals surface area contributed by atoms with Gasteiger partial charge in [-0.1, -0.05) is 85.1 Å². The summed E-state index contributed by atoms with van der Waals surface area (Å²) in [5.74, 6) is 0.362. The molecule has 39 heavy (non-hydrogen) atoms. The van der Waals surface area contributed by atoms with E-state index in [-0.39, 0.29) is 35.8 Å². The summed E-state index contributed by atoms with van der Waals surface area (Å²) in [5, 5.41) is 14.7. The molecule has 4 rings (SSSR count). The van der Waals surface area contributed by atoms with Crippen LogP contribution in [-0.4, -0.2) is 39.5 Å². The van der Waals surface area contributed by atoms with Gasteiger partial charge in [0, 0.05) is 41.9 Å². The van der Waals surface area contributed by atoms with Crippen LogP contribution in [0.15, 0.2) is 78.9 Å². The zero-order chi connectivity index (χ0) is 27.6. The standard InChI is InChI=1S/C30H32ClN3O4S/c31-27-13-7-4-10-24(27)19-33(29(35)21-39-20-23-14-16-26(17-15-23)34(37)38)28(18-22-8-2-1-3-9-22)30(36)32-25-11-5-6-12-25/h1-4,7-10,13-17,25,28H,5-6,11-12,18-21H2,(H,32,36). The van der Waals surface area contributed by atoms with Crippen molar-refractivity contribution in [3.05, 3.63) is 111 Å². The Morgan fingerprint density at radius 2 is 1.64 bits per heavy atom. The van der Waals surface area contributed by atoms with Crippen molar-refractivity contribution in [3.63, 3.8) is 0 Å². The maximum atomic E-state index is 13.8. The monoisotopic (exact) mass is 565 g/mol. The van der Waals surface area contributed by atoms with E-state index in [0.29, 0.717) is 17.2 Å². The molecule has 1 fully saturated rings. The first-order valence-electron chi connectivity index (χ1n) is 13.1. The minimum absolute atomic E-state index is 0.0303. The van der Waals surface area contributed by atoms with Gasteiger partial charge < -0.3 is 10.2 Å². The number of thioether (sulfide) groups is 1. The van der Waals surface area contributed by atoms with Crippen LogP contribution in [-0.2, 0) is 28.3 Å². The fourth-order valence-electron chi connectivity index (χ4n) is 4.78. The summed E-state index contributed by atoms with van der Waals surface area (Å²) in [6.45, 7) is 0.214. The average Bonchev–Trinajstić information content (AvgIpc) is 3.45.